The minimum atomic E-state index is -0.889. The summed E-state index contributed by atoms with van der Waals surface area (Å²) in [5, 5.41) is 52.4. The van der Waals surface area contributed by atoms with Crippen LogP contribution in [0.3, 0.4) is 0 Å². The zero-order valence-corrected chi connectivity index (χ0v) is 22.1. The Morgan fingerprint density at radius 3 is 2.29 bits per heavy atom. The Hall–Kier alpha value is -0.730. The maximum Gasteiger partial charge on any atom is 0.309 e. The van der Waals surface area contributed by atoms with Crippen molar-refractivity contribution in [3.05, 3.63) is 0 Å². The van der Waals surface area contributed by atoms with E-state index in [1.54, 1.807) is 0 Å². The van der Waals surface area contributed by atoms with Gasteiger partial charge in [-0.15, -0.1) is 0 Å². The molecular formula is C28H48O7. The zero-order chi connectivity index (χ0) is 25.9. The largest absolute Gasteiger partial charge is 0.465 e. The fourth-order valence-corrected chi connectivity index (χ4v) is 9.06. The fraction of sp³-hybridized carbons (Fsp3) is 0.964. The van der Waals surface area contributed by atoms with Crippen molar-refractivity contribution in [2.24, 2.45) is 58.2 Å². The van der Waals surface area contributed by atoms with E-state index < -0.39 is 29.8 Å². The second-order valence-corrected chi connectivity index (χ2v) is 13.2. The van der Waals surface area contributed by atoms with E-state index in [2.05, 4.69) is 20.8 Å². The second-order valence-electron chi connectivity index (χ2n) is 13.2. The highest BCUT2D eigenvalue weighted by atomic mass is 16.5. The van der Waals surface area contributed by atoms with Crippen LogP contribution in [0.5, 0.6) is 0 Å². The second kappa shape index (κ2) is 9.86. The molecule has 0 aromatic carbocycles. The summed E-state index contributed by atoms with van der Waals surface area (Å²) in [5.74, 6) is 0.0316. The van der Waals surface area contributed by atoms with Crippen LogP contribution in [0.1, 0.15) is 73.1 Å². The van der Waals surface area contributed by atoms with Crippen molar-refractivity contribution in [3.63, 3.8) is 0 Å². The first-order valence-electron chi connectivity index (χ1n) is 13.9. The number of carbonyl (C=O) groups excluding carboxylic acids is 1. The quantitative estimate of drug-likeness (QED) is 0.357. The van der Waals surface area contributed by atoms with Crippen LogP contribution in [0.25, 0.3) is 0 Å². The molecule has 5 N–H and O–H groups in total. The van der Waals surface area contributed by atoms with Crippen molar-refractivity contribution in [2.75, 3.05) is 13.2 Å². The lowest BCUT2D eigenvalue weighted by molar-refractivity contribution is -0.162. The first-order chi connectivity index (χ1) is 16.4. The molecule has 0 radical (unpaired) electrons. The molecule has 4 fully saturated rings. The van der Waals surface area contributed by atoms with E-state index in [9.17, 15) is 30.3 Å². The summed E-state index contributed by atoms with van der Waals surface area (Å²) in [5.41, 5.74) is -0.421. The number of hydrogen-bond acceptors (Lipinski definition) is 7. The third-order valence-corrected chi connectivity index (χ3v) is 11.7. The molecule has 7 nitrogen and oxygen atoms in total. The number of rotatable bonds is 6. The Balaban J connectivity index is 1.56. The molecule has 1 heterocycles. The van der Waals surface area contributed by atoms with E-state index in [-0.39, 0.29) is 65.8 Å². The van der Waals surface area contributed by atoms with Crippen LogP contribution in [0, 0.1) is 58.2 Å². The predicted octanol–water partition coefficient (Wildman–Crippen LogP) is 2.36. The van der Waals surface area contributed by atoms with Gasteiger partial charge < -0.3 is 30.3 Å². The molecule has 7 heteroatoms. The van der Waals surface area contributed by atoms with Gasteiger partial charge >= 0.3 is 5.97 Å². The number of esters is 1. The van der Waals surface area contributed by atoms with E-state index >= 15 is 0 Å². The molecule has 14 atom stereocenters. The average Bonchev–Trinajstić information content (AvgIpc) is 3.14. The predicted molar refractivity (Wildman–Crippen MR) is 131 cm³/mol. The third-order valence-electron chi connectivity index (χ3n) is 11.7. The highest BCUT2D eigenvalue weighted by Gasteiger charge is 2.63. The summed E-state index contributed by atoms with van der Waals surface area (Å²) in [6.07, 6.45) is 1.12. The Kier molecular flexibility index (Phi) is 7.70. The van der Waals surface area contributed by atoms with Gasteiger partial charge in [0.15, 0.2) is 0 Å². The van der Waals surface area contributed by atoms with Crippen LogP contribution in [-0.2, 0) is 9.53 Å². The van der Waals surface area contributed by atoms with Crippen LogP contribution in [0.2, 0.25) is 0 Å². The lowest BCUT2D eigenvalue weighted by Gasteiger charge is -2.56. The van der Waals surface area contributed by atoms with Crippen LogP contribution >= 0.6 is 0 Å². The molecule has 1 saturated heterocycles. The molecule has 4 rings (SSSR count). The summed E-state index contributed by atoms with van der Waals surface area (Å²) >= 11 is 0. The highest BCUT2D eigenvalue weighted by molar-refractivity contribution is 5.74. The van der Waals surface area contributed by atoms with E-state index in [1.807, 2.05) is 13.8 Å². The standard InChI is InChI=1S/C28H48O7/c1-14(12-29)15(2)24(32)25(33)16(3)18-6-7-19-17-13-35-26(34)21-10-22(30)23(31)11-28(21,5)20(17)8-9-27(18,19)4/h14-25,29-33H,6-13H2,1-5H3/t14?,15-,16+,17+,18-,19+,20+,21-,22+,23-,24-,25-,27-,28-/m1/s1. The van der Waals surface area contributed by atoms with Gasteiger partial charge in [0.05, 0.1) is 36.9 Å². The number of cyclic esters (lactones) is 1. The summed E-state index contributed by atoms with van der Waals surface area (Å²) in [6, 6.07) is 0. The smallest absolute Gasteiger partial charge is 0.309 e. The maximum atomic E-state index is 13.0. The third kappa shape index (κ3) is 4.37. The molecule has 1 aliphatic heterocycles. The molecule has 202 valence electrons. The molecule has 0 aromatic heterocycles. The van der Waals surface area contributed by atoms with E-state index in [4.69, 9.17) is 4.74 Å². The van der Waals surface area contributed by atoms with Crippen molar-refractivity contribution in [3.8, 4) is 0 Å². The fourth-order valence-electron chi connectivity index (χ4n) is 9.06. The number of hydrogen-bond donors (Lipinski definition) is 5. The first kappa shape index (κ1) is 27.3. The van der Waals surface area contributed by atoms with Crippen molar-refractivity contribution in [1.29, 1.82) is 0 Å². The maximum absolute atomic E-state index is 13.0. The van der Waals surface area contributed by atoms with Crippen LogP contribution in [0.15, 0.2) is 0 Å². The average molecular weight is 497 g/mol. The summed E-state index contributed by atoms with van der Waals surface area (Å²) < 4.78 is 5.85. The lowest BCUT2D eigenvalue weighted by Crippen LogP contribution is -2.55. The van der Waals surface area contributed by atoms with Gasteiger partial charge in [0, 0.05) is 6.61 Å². The summed E-state index contributed by atoms with van der Waals surface area (Å²) in [4.78, 5) is 13.0. The van der Waals surface area contributed by atoms with Crippen LogP contribution in [-0.4, -0.2) is 69.1 Å². The van der Waals surface area contributed by atoms with Gasteiger partial charge in [0.25, 0.3) is 0 Å². The Morgan fingerprint density at radius 1 is 0.971 bits per heavy atom. The molecule has 35 heavy (non-hydrogen) atoms. The van der Waals surface area contributed by atoms with Gasteiger partial charge in [-0.2, -0.15) is 0 Å². The van der Waals surface area contributed by atoms with Crippen LogP contribution in [0.4, 0.5) is 0 Å². The van der Waals surface area contributed by atoms with Crippen molar-refractivity contribution >= 4 is 5.97 Å². The Morgan fingerprint density at radius 2 is 1.63 bits per heavy atom. The normalized spacial score (nSPS) is 47.8. The van der Waals surface area contributed by atoms with Gasteiger partial charge in [-0.3, -0.25) is 4.79 Å². The molecule has 0 spiro atoms. The SMILES string of the molecule is CC(CO)[C@@H](C)[C@@H](O)[C@H](O)[C@@H](C)[C@H]1CC[C@H]2[C@@H]3COC(=O)[C@H]4C[C@H](O)[C@H](O)C[C@]4(C)[C@H]3CC[C@]12C. The summed E-state index contributed by atoms with van der Waals surface area (Å²) in [6.45, 7) is 10.7. The highest BCUT2D eigenvalue weighted by Crippen LogP contribution is 2.66. The molecule has 3 saturated carbocycles. The minimum absolute atomic E-state index is 0.0180. The van der Waals surface area contributed by atoms with Gasteiger partial charge in [-0.25, -0.2) is 0 Å². The number of ether oxygens (including phenoxy) is 1. The van der Waals surface area contributed by atoms with Crippen molar-refractivity contribution in [1.82, 2.24) is 0 Å². The van der Waals surface area contributed by atoms with Gasteiger partial charge in [-0.1, -0.05) is 34.6 Å². The lowest BCUT2D eigenvalue weighted by atomic mass is 9.48. The Labute approximate surface area is 210 Å². The monoisotopic (exact) mass is 496 g/mol. The number of carbonyl (C=O) groups is 1. The first-order valence-corrected chi connectivity index (χ1v) is 13.9. The molecule has 1 unspecified atom stereocenters. The molecule has 4 aliphatic rings. The van der Waals surface area contributed by atoms with Crippen molar-refractivity contribution < 1.29 is 35.1 Å². The number of aliphatic hydroxyl groups is 5. The van der Waals surface area contributed by atoms with E-state index in [0.717, 1.165) is 25.7 Å². The number of fused-ring (bicyclic) bond motifs is 5. The molecule has 0 amide bonds. The molecule has 0 bridgehead atoms. The van der Waals surface area contributed by atoms with Gasteiger partial charge in [0.1, 0.15) is 0 Å². The van der Waals surface area contributed by atoms with Gasteiger partial charge in [-0.05, 0) is 90.8 Å². The van der Waals surface area contributed by atoms with E-state index in [1.165, 1.54) is 0 Å². The Bertz CT molecular complexity index is 774. The molecule has 3 aliphatic carbocycles. The van der Waals surface area contributed by atoms with Crippen LogP contribution < -0.4 is 0 Å². The topological polar surface area (TPSA) is 127 Å². The minimum Gasteiger partial charge on any atom is -0.465 e. The summed E-state index contributed by atoms with van der Waals surface area (Å²) in [7, 11) is 0. The molecular weight excluding hydrogens is 448 g/mol. The molecule has 0 aromatic rings. The number of aliphatic hydroxyl groups excluding tert-OH is 5. The van der Waals surface area contributed by atoms with E-state index in [0.29, 0.717) is 18.9 Å². The van der Waals surface area contributed by atoms with Gasteiger partial charge in [0.2, 0.25) is 0 Å². The van der Waals surface area contributed by atoms with Crippen molar-refractivity contribution in [2.45, 2.75) is 97.6 Å². The zero-order valence-electron chi connectivity index (χ0n) is 22.1.